The lowest BCUT2D eigenvalue weighted by atomic mass is 9.96. The van der Waals surface area contributed by atoms with Gasteiger partial charge in [0.1, 0.15) is 11.5 Å². The Morgan fingerprint density at radius 1 is 1.42 bits per heavy atom. The first-order valence-electron chi connectivity index (χ1n) is 8.25. The summed E-state index contributed by atoms with van der Waals surface area (Å²) < 4.78 is 11.1. The van der Waals surface area contributed by atoms with Crippen molar-refractivity contribution >= 4 is 29.9 Å². The number of hydrogen-bond donors (Lipinski definition) is 3. The summed E-state index contributed by atoms with van der Waals surface area (Å²) in [5.41, 5.74) is 0.741. The first-order chi connectivity index (χ1) is 11.2. The fourth-order valence-electron chi connectivity index (χ4n) is 3.27. The molecule has 3 atom stereocenters. The third kappa shape index (κ3) is 4.44. The number of aliphatic imine (C=N–C) groups is 1. The van der Waals surface area contributed by atoms with Crippen molar-refractivity contribution in [2.24, 2.45) is 4.99 Å². The molecule has 2 bridgehead atoms. The Hall–Kier alpha value is -1.22. The molecule has 134 valence electrons. The number of hydrogen-bond acceptors (Lipinski definition) is 4. The van der Waals surface area contributed by atoms with Crippen LogP contribution in [0.25, 0.3) is 0 Å². The van der Waals surface area contributed by atoms with E-state index in [0.717, 1.165) is 30.9 Å². The van der Waals surface area contributed by atoms with Crippen LogP contribution in [0.2, 0.25) is 0 Å². The summed E-state index contributed by atoms with van der Waals surface area (Å²) in [5, 5.41) is 16.7. The molecule has 2 fully saturated rings. The second-order valence-corrected chi connectivity index (χ2v) is 6.05. The van der Waals surface area contributed by atoms with Crippen LogP contribution in [-0.2, 0) is 11.3 Å². The highest BCUT2D eigenvalue weighted by Crippen LogP contribution is 2.34. The van der Waals surface area contributed by atoms with Crippen molar-refractivity contribution in [3.63, 3.8) is 0 Å². The van der Waals surface area contributed by atoms with Gasteiger partial charge in [0.2, 0.25) is 0 Å². The standard InChI is InChI=1S/C17H25N3O3.HI/c1-3-18-17(20-14-9-13-5-7-16(14)23-13)19-10-11-8-12(22-2)4-6-15(11)21;/h4,6,8,13-14,16,21H,3,5,7,9-10H2,1-2H3,(H2,18,19,20);1H. The van der Waals surface area contributed by atoms with Crippen LogP contribution in [0.15, 0.2) is 23.2 Å². The number of benzene rings is 1. The van der Waals surface area contributed by atoms with Crippen molar-refractivity contribution in [3.8, 4) is 11.5 Å². The minimum Gasteiger partial charge on any atom is -0.508 e. The van der Waals surface area contributed by atoms with Crippen molar-refractivity contribution in [1.29, 1.82) is 0 Å². The number of aromatic hydroxyl groups is 1. The summed E-state index contributed by atoms with van der Waals surface area (Å²) in [6, 6.07) is 5.50. The van der Waals surface area contributed by atoms with Crippen molar-refractivity contribution in [2.45, 2.75) is 51.0 Å². The van der Waals surface area contributed by atoms with E-state index in [1.54, 1.807) is 19.2 Å². The van der Waals surface area contributed by atoms with E-state index in [1.165, 1.54) is 6.42 Å². The lowest BCUT2D eigenvalue weighted by molar-refractivity contribution is 0.0992. The van der Waals surface area contributed by atoms with Gasteiger partial charge in [-0.05, 0) is 44.4 Å². The average Bonchev–Trinajstić information content (AvgIpc) is 3.17. The summed E-state index contributed by atoms with van der Waals surface area (Å²) in [5.74, 6) is 1.71. The molecule has 0 amide bonds. The number of guanidine groups is 1. The van der Waals surface area contributed by atoms with E-state index < -0.39 is 0 Å². The third-order valence-electron chi connectivity index (χ3n) is 4.47. The molecule has 0 aliphatic carbocycles. The van der Waals surface area contributed by atoms with Crippen LogP contribution in [0.4, 0.5) is 0 Å². The number of nitrogens with zero attached hydrogens (tertiary/aromatic N) is 1. The number of methoxy groups -OCH3 is 1. The molecule has 24 heavy (non-hydrogen) atoms. The molecule has 0 aromatic heterocycles. The molecular formula is C17H26IN3O3. The zero-order chi connectivity index (χ0) is 16.2. The van der Waals surface area contributed by atoms with E-state index in [1.807, 2.05) is 13.0 Å². The van der Waals surface area contributed by atoms with Gasteiger partial charge >= 0.3 is 0 Å². The SMILES string of the molecule is CCNC(=NCc1cc(OC)ccc1O)NC1CC2CCC1O2.I. The number of phenols is 1. The Kier molecular flexibility index (Phi) is 6.97. The van der Waals surface area contributed by atoms with Crippen LogP contribution in [0, 0.1) is 0 Å². The topological polar surface area (TPSA) is 75.1 Å². The lowest BCUT2D eigenvalue weighted by Crippen LogP contribution is -2.47. The van der Waals surface area contributed by atoms with Crippen molar-refractivity contribution in [2.75, 3.05) is 13.7 Å². The molecule has 1 aromatic carbocycles. The fraction of sp³-hybridized carbons (Fsp3) is 0.588. The Morgan fingerprint density at radius 2 is 2.25 bits per heavy atom. The molecule has 6 nitrogen and oxygen atoms in total. The van der Waals surface area contributed by atoms with Gasteiger partial charge in [-0.2, -0.15) is 0 Å². The summed E-state index contributed by atoms with van der Waals surface area (Å²) in [6.07, 6.45) is 4.04. The lowest BCUT2D eigenvalue weighted by Gasteiger charge is -2.22. The summed E-state index contributed by atoms with van der Waals surface area (Å²) in [4.78, 5) is 4.59. The predicted molar refractivity (Wildman–Crippen MR) is 104 cm³/mol. The number of rotatable bonds is 5. The monoisotopic (exact) mass is 447 g/mol. The first-order valence-corrected chi connectivity index (χ1v) is 8.25. The zero-order valence-electron chi connectivity index (χ0n) is 14.1. The summed E-state index contributed by atoms with van der Waals surface area (Å²) in [7, 11) is 1.61. The Bertz CT molecular complexity index is 582. The van der Waals surface area contributed by atoms with E-state index in [4.69, 9.17) is 9.47 Å². The van der Waals surface area contributed by atoms with Gasteiger partial charge in [-0.25, -0.2) is 4.99 Å². The second-order valence-electron chi connectivity index (χ2n) is 6.05. The number of ether oxygens (including phenoxy) is 2. The Labute approximate surface area is 160 Å². The number of phenolic OH excluding ortho intramolecular Hbond substituents is 1. The summed E-state index contributed by atoms with van der Waals surface area (Å²) in [6.45, 7) is 3.22. The highest BCUT2D eigenvalue weighted by Gasteiger charge is 2.41. The van der Waals surface area contributed by atoms with Crippen LogP contribution in [0.5, 0.6) is 11.5 Å². The molecule has 0 spiro atoms. The maximum atomic E-state index is 9.96. The first kappa shape index (κ1) is 19.1. The quantitative estimate of drug-likeness (QED) is 0.367. The van der Waals surface area contributed by atoms with Gasteiger partial charge in [0.25, 0.3) is 0 Å². The van der Waals surface area contributed by atoms with E-state index >= 15 is 0 Å². The van der Waals surface area contributed by atoms with Gasteiger partial charge in [0, 0.05) is 12.1 Å². The van der Waals surface area contributed by atoms with Crippen molar-refractivity contribution in [3.05, 3.63) is 23.8 Å². The van der Waals surface area contributed by atoms with E-state index in [9.17, 15) is 5.11 Å². The average molecular weight is 447 g/mol. The normalized spacial score (nSPS) is 25.2. The highest BCUT2D eigenvalue weighted by atomic mass is 127. The summed E-state index contributed by atoms with van der Waals surface area (Å²) >= 11 is 0. The molecule has 7 heteroatoms. The molecule has 2 aliphatic rings. The van der Waals surface area contributed by atoms with Gasteiger partial charge in [0.05, 0.1) is 31.9 Å². The van der Waals surface area contributed by atoms with Crippen LogP contribution < -0.4 is 15.4 Å². The Morgan fingerprint density at radius 3 is 2.88 bits per heavy atom. The van der Waals surface area contributed by atoms with Crippen LogP contribution in [0.1, 0.15) is 31.7 Å². The minimum absolute atomic E-state index is 0. The molecule has 2 saturated heterocycles. The van der Waals surface area contributed by atoms with E-state index in [2.05, 4.69) is 15.6 Å². The minimum atomic E-state index is 0. The van der Waals surface area contributed by atoms with Crippen LogP contribution in [0.3, 0.4) is 0 Å². The van der Waals surface area contributed by atoms with Gasteiger partial charge in [0.15, 0.2) is 5.96 Å². The maximum absolute atomic E-state index is 9.96. The second kappa shape index (κ2) is 8.75. The van der Waals surface area contributed by atoms with Gasteiger partial charge < -0.3 is 25.2 Å². The van der Waals surface area contributed by atoms with E-state index in [-0.39, 0.29) is 29.7 Å². The van der Waals surface area contributed by atoms with Crippen LogP contribution in [-0.4, -0.2) is 43.0 Å². The number of fused-ring (bicyclic) bond motifs is 2. The molecule has 3 N–H and O–H groups in total. The highest BCUT2D eigenvalue weighted by molar-refractivity contribution is 14.0. The third-order valence-corrected chi connectivity index (χ3v) is 4.47. The molecule has 3 unspecified atom stereocenters. The predicted octanol–water partition coefficient (Wildman–Crippen LogP) is 2.39. The van der Waals surface area contributed by atoms with Gasteiger partial charge in [-0.3, -0.25) is 0 Å². The molecule has 0 radical (unpaired) electrons. The van der Waals surface area contributed by atoms with Gasteiger partial charge in [-0.15, -0.1) is 24.0 Å². The number of halogens is 1. The molecule has 2 aliphatic heterocycles. The maximum Gasteiger partial charge on any atom is 0.191 e. The largest absolute Gasteiger partial charge is 0.508 e. The fourth-order valence-corrected chi connectivity index (χ4v) is 3.27. The van der Waals surface area contributed by atoms with Crippen LogP contribution >= 0.6 is 24.0 Å². The molecule has 3 rings (SSSR count). The van der Waals surface area contributed by atoms with Crippen molar-refractivity contribution in [1.82, 2.24) is 10.6 Å². The zero-order valence-corrected chi connectivity index (χ0v) is 16.4. The molecule has 0 saturated carbocycles. The number of nitrogens with one attached hydrogen (secondary N) is 2. The van der Waals surface area contributed by atoms with Gasteiger partial charge in [-0.1, -0.05) is 0 Å². The molecule has 1 aromatic rings. The Balaban J connectivity index is 0.00000208. The molecular weight excluding hydrogens is 421 g/mol. The molecule has 2 heterocycles. The van der Waals surface area contributed by atoms with Crippen molar-refractivity contribution < 1.29 is 14.6 Å². The van der Waals surface area contributed by atoms with E-state index in [0.29, 0.717) is 30.5 Å². The smallest absolute Gasteiger partial charge is 0.191 e.